The third-order valence-corrected chi connectivity index (χ3v) is 11.4. The summed E-state index contributed by atoms with van der Waals surface area (Å²) in [5.41, 5.74) is 0.500. The van der Waals surface area contributed by atoms with Gasteiger partial charge in [-0.05, 0) is 69.6 Å². The molecule has 2 aliphatic heterocycles. The van der Waals surface area contributed by atoms with Crippen LogP contribution in [0.1, 0.15) is 157 Å². The Hall–Kier alpha value is -2.36. The second-order valence-corrected chi connectivity index (χ2v) is 19.5. The Kier molecular flexibility index (Phi) is 33.4. The fourth-order valence-electron chi connectivity index (χ4n) is 7.36. The molecule has 3 amide bonds. The second kappa shape index (κ2) is 35.7. The molecule has 9 N–H and O–H groups in total. The van der Waals surface area contributed by atoms with E-state index in [1.54, 1.807) is 21.0 Å². The van der Waals surface area contributed by atoms with Gasteiger partial charge in [-0.15, -0.1) is 0 Å². The van der Waals surface area contributed by atoms with E-state index in [2.05, 4.69) is 43.6 Å². The van der Waals surface area contributed by atoms with Crippen molar-refractivity contribution in [1.29, 1.82) is 0 Å². The first-order valence-corrected chi connectivity index (χ1v) is 24.7. The lowest BCUT2D eigenvalue weighted by molar-refractivity contribution is -0.282. The number of ether oxygens (including phenoxy) is 5. The first kappa shape index (κ1) is 61.7. The highest BCUT2D eigenvalue weighted by molar-refractivity contribution is 5.89. The van der Waals surface area contributed by atoms with E-state index in [0.29, 0.717) is 115 Å². The number of carbonyl (C=O) groups is 4. The summed E-state index contributed by atoms with van der Waals surface area (Å²) in [6.45, 7) is 13.6. The van der Waals surface area contributed by atoms with E-state index in [-0.39, 0.29) is 29.9 Å². The smallest absolute Gasteiger partial charge is 0.220 e. The maximum atomic E-state index is 13.3. The molecule has 2 rings (SSSR count). The molecule has 2 saturated heterocycles. The molecule has 388 valence electrons. The van der Waals surface area contributed by atoms with Crippen molar-refractivity contribution in [3.63, 3.8) is 0 Å². The quantitative estimate of drug-likeness (QED) is 0.0420. The average Bonchev–Trinajstić information content (AvgIpc) is 3.27. The molecule has 0 aromatic heterocycles. The van der Waals surface area contributed by atoms with Gasteiger partial charge in [0.2, 0.25) is 17.7 Å². The van der Waals surface area contributed by atoms with Crippen LogP contribution in [0.15, 0.2) is 0 Å². The Bertz CT molecular complexity index is 1300. The van der Waals surface area contributed by atoms with Crippen LogP contribution in [0.25, 0.3) is 0 Å². The molecule has 66 heavy (non-hydrogen) atoms. The largest absolute Gasteiger partial charge is 0.394 e. The Balaban J connectivity index is 0.00000411. The fraction of sp³-hybridized carbons (Fsp3) is 0.917. The van der Waals surface area contributed by atoms with Crippen molar-refractivity contribution < 1.29 is 73.5 Å². The van der Waals surface area contributed by atoms with Gasteiger partial charge in [0.1, 0.15) is 24.4 Å². The lowest BCUT2D eigenvalue weighted by Crippen LogP contribution is -2.55. The van der Waals surface area contributed by atoms with Gasteiger partial charge >= 0.3 is 0 Å². The van der Waals surface area contributed by atoms with Crippen molar-refractivity contribution in [2.75, 3.05) is 53.2 Å². The van der Waals surface area contributed by atoms with Crippen LogP contribution in [0, 0.1) is 17.3 Å². The van der Waals surface area contributed by atoms with E-state index in [1.165, 1.54) is 0 Å². The number of carbonyl (C=O) groups excluding carboxylic acids is 4. The zero-order chi connectivity index (χ0) is 49.5. The molecule has 0 bridgehead atoms. The van der Waals surface area contributed by atoms with Gasteiger partial charge in [0, 0.05) is 77.5 Å². The highest BCUT2D eigenvalue weighted by Gasteiger charge is 2.43. The molecule has 11 atom stereocenters. The number of amides is 3. The van der Waals surface area contributed by atoms with Gasteiger partial charge in [0.05, 0.1) is 31.5 Å². The van der Waals surface area contributed by atoms with Crippen LogP contribution in [0.4, 0.5) is 0 Å². The number of nitrogens with one attached hydrogen (secondary N) is 3. The van der Waals surface area contributed by atoms with Gasteiger partial charge in [-0.25, -0.2) is 0 Å². The number of hydrogen-bond acceptors (Lipinski definition) is 15. The summed E-state index contributed by atoms with van der Waals surface area (Å²) in [7, 11) is 1.62. The molecule has 2 aliphatic rings. The SMILES string of the molecule is CC(C)(C)C.COCCCNC(=O)CCCCCCC(=O)[C@H](CCCCNC(=O)CCCCCOC1OC(CO)C(O)C(O)C1C)NC(=O)CCCCCOC1OC(CO)C(O)C(O)C1C. The summed E-state index contributed by atoms with van der Waals surface area (Å²) in [5.74, 6) is -1.26. The minimum atomic E-state index is -1.19. The summed E-state index contributed by atoms with van der Waals surface area (Å²) in [5, 5.41) is 68.0. The number of ketones is 1. The van der Waals surface area contributed by atoms with E-state index < -0.39 is 80.3 Å². The van der Waals surface area contributed by atoms with Gasteiger partial charge in [-0.1, -0.05) is 67.2 Å². The van der Waals surface area contributed by atoms with Crippen molar-refractivity contribution in [3.8, 4) is 0 Å². The monoisotopic (exact) mass is 950 g/mol. The first-order chi connectivity index (χ1) is 31.3. The van der Waals surface area contributed by atoms with Crippen molar-refractivity contribution in [3.05, 3.63) is 0 Å². The molecule has 18 heteroatoms. The zero-order valence-corrected chi connectivity index (χ0v) is 41.4. The zero-order valence-electron chi connectivity index (χ0n) is 41.4. The molecule has 0 aromatic rings. The maximum Gasteiger partial charge on any atom is 0.220 e. The Labute approximate surface area is 395 Å². The standard InChI is InChI=1S/C43H79N3O15.C5H12/c1-29-38(53)40(55)33(27-47)60-42(29)58-25-14-6-10-20-35(50)44-22-13-12-17-31(32(49)18-8-4-5-9-19-36(51)45-23-16-24-57-3)46-37(52)21-11-7-15-26-59-43-30(2)39(54)41(56)34(28-48)61-43;1-5(2,3)4/h29-31,33-34,38-43,47-48,53-56H,4-28H2,1-3H3,(H,44,50)(H,45,51)(H,46,52);1-4H3/t29?,30?,31-,33?,34?,38?,39?,40?,41?,42?,43?;/m0./s1. The van der Waals surface area contributed by atoms with Crippen LogP contribution in [-0.4, -0.2) is 163 Å². The first-order valence-electron chi connectivity index (χ1n) is 24.7. The summed E-state index contributed by atoms with van der Waals surface area (Å²) >= 11 is 0. The number of hydrogen-bond donors (Lipinski definition) is 9. The van der Waals surface area contributed by atoms with E-state index in [1.807, 2.05) is 0 Å². The molecule has 0 spiro atoms. The summed E-state index contributed by atoms with van der Waals surface area (Å²) in [4.78, 5) is 50.7. The third-order valence-electron chi connectivity index (χ3n) is 11.4. The number of methoxy groups -OCH3 is 1. The van der Waals surface area contributed by atoms with E-state index in [4.69, 9.17) is 23.7 Å². The lowest BCUT2D eigenvalue weighted by atomic mass is 9.92. The van der Waals surface area contributed by atoms with Crippen molar-refractivity contribution in [1.82, 2.24) is 16.0 Å². The topological polar surface area (TPSA) is 272 Å². The summed E-state index contributed by atoms with van der Waals surface area (Å²) in [6, 6.07) is -0.636. The van der Waals surface area contributed by atoms with E-state index in [0.717, 1.165) is 32.1 Å². The number of unbranched alkanes of at least 4 members (excludes halogenated alkanes) is 8. The molecule has 2 heterocycles. The normalized spacial score (nSPS) is 25.9. The highest BCUT2D eigenvalue weighted by Crippen LogP contribution is 2.28. The van der Waals surface area contributed by atoms with Crippen LogP contribution in [0.3, 0.4) is 0 Å². The molecular weight excluding hydrogens is 859 g/mol. The molecule has 10 unspecified atom stereocenters. The van der Waals surface area contributed by atoms with Gasteiger partial charge in [0.25, 0.3) is 0 Å². The second-order valence-electron chi connectivity index (χ2n) is 19.5. The van der Waals surface area contributed by atoms with Crippen LogP contribution in [0.5, 0.6) is 0 Å². The Morgan fingerprint density at radius 2 is 0.955 bits per heavy atom. The van der Waals surface area contributed by atoms with Crippen LogP contribution in [-0.2, 0) is 42.9 Å². The van der Waals surface area contributed by atoms with Gasteiger partial charge in [-0.2, -0.15) is 0 Å². The molecular formula is C48H91N3O15. The molecule has 18 nitrogen and oxygen atoms in total. The fourth-order valence-corrected chi connectivity index (χ4v) is 7.36. The van der Waals surface area contributed by atoms with Crippen LogP contribution < -0.4 is 16.0 Å². The number of aliphatic hydroxyl groups excluding tert-OH is 6. The molecule has 2 fully saturated rings. The minimum absolute atomic E-state index is 0.00827. The predicted octanol–water partition coefficient (Wildman–Crippen LogP) is 3.18. The van der Waals surface area contributed by atoms with Gasteiger partial charge < -0.3 is 70.3 Å². The minimum Gasteiger partial charge on any atom is -0.394 e. The van der Waals surface area contributed by atoms with E-state index >= 15 is 0 Å². The van der Waals surface area contributed by atoms with Crippen LogP contribution in [0.2, 0.25) is 0 Å². The van der Waals surface area contributed by atoms with Gasteiger partial charge in [0.15, 0.2) is 18.4 Å². The highest BCUT2D eigenvalue weighted by atomic mass is 16.7. The Morgan fingerprint density at radius 3 is 1.39 bits per heavy atom. The lowest BCUT2D eigenvalue weighted by Gasteiger charge is -2.40. The van der Waals surface area contributed by atoms with Crippen molar-refractivity contribution in [2.45, 2.75) is 212 Å². The molecule has 0 radical (unpaired) electrons. The van der Waals surface area contributed by atoms with E-state index in [9.17, 15) is 49.8 Å². The molecule has 0 aromatic carbocycles. The number of aliphatic hydroxyl groups is 6. The summed E-state index contributed by atoms with van der Waals surface area (Å²) < 4.78 is 27.7. The number of rotatable bonds is 34. The van der Waals surface area contributed by atoms with Crippen molar-refractivity contribution >= 4 is 23.5 Å². The number of Topliss-reactive ketones (excluding diaryl/α,β-unsaturated/α-hetero) is 1. The summed E-state index contributed by atoms with van der Waals surface area (Å²) in [6.07, 6.45) is 2.91. The van der Waals surface area contributed by atoms with Gasteiger partial charge in [-0.3, -0.25) is 19.2 Å². The van der Waals surface area contributed by atoms with Crippen molar-refractivity contribution in [2.24, 2.45) is 17.3 Å². The molecule has 0 aliphatic carbocycles. The maximum absolute atomic E-state index is 13.3. The third kappa shape index (κ3) is 27.6. The molecule has 0 saturated carbocycles. The predicted molar refractivity (Wildman–Crippen MR) is 249 cm³/mol. The van der Waals surface area contributed by atoms with Crippen LogP contribution >= 0.6 is 0 Å². The average molecular weight is 950 g/mol. The Morgan fingerprint density at radius 1 is 0.545 bits per heavy atom.